The van der Waals surface area contributed by atoms with Crippen LogP contribution >= 0.6 is 0 Å². The van der Waals surface area contributed by atoms with Gasteiger partial charge in [0, 0.05) is 12.2 Å². The Morgan fingerprint density at radius 2 is 2.25 bits per heavy atom. The first-order valence-electron chi connectivity index (χ1n) is 6.02. The van der Waals surface area contributed by atoms with Crippen LogP contribution in [0, 0.1) is 17.2 Å². The predicted octanol–water partition coefficient (Wildman–Crippen LogP) is 0.485. The number of nitrogens with one attached hydrogen (secondary N) is 1. The van der Waals surface area contributed by atoms with Gasteiger partial charge >= 0.3 is 5.97 Å². The van der Waals surface area contributed by atoms with Gasteiger partial charge < -0.3 is 5.11 Å². The van der Waals surface area contributed by atoms with Gasteiger partial charge in [-0.3, -0.25) is 4.79 Å². The third-order valence-corrected chi connectivity index (χ3v) is 4.53. The van der Waals surface area contributed by atoms with E-state index in [0.29, 0.717) is 0 Å². The summed E-state index contributed by atoms with van der Waals surface area (Å²) in [4.78, 5) is 14.4. The number of hydrogen-bond donors (Lipinski definition) is 2. The highest BCUT2D eigenvalue weighted by Gasteiger charge is 2.35. The van der Waals surface area contributed by atoms with Gasteiger partial charge in [-0.1, -0.05) is 0 Å². The quantitative estimate of drug-likeness (QED) is 0.787. The van der Waals surface area contributed by atoms with Crippen molar-refractivity contribution in [2.45, 2.75) is 30.2 Å². The first-order valence-corrected chi connectivity index (χ1v) is 7.51. The van der Waals surface area contributed by atoms with E-state index in [1.165, 1.54) is 12.1 Å². The Morgan fingerprint density at radius 1 is 1.55 bits per heavy atom. The van der Waals surface area contributed by atoms with Gasteiger partial charge in [-0.2, -0.15) is 5.26 Å². The second-order valence-electron chi connectivity index (χ2n) is 4.65. The number of hydrogen-bond acceptors (Lipinski definition) is 5. The Morgan fingerprint density at radius 3 is 2.70 bits per heavy atom. The largest absolute Gasteiger partial charge is 0.481 e. The summed E-state index contributed by atoms with van der Waals surface area (Å²) in [6.45, 7) is 0. The molecule has 0 aromatic carbocycles. The van der Waals surface area contributed by atoms with Gasteiger partial charge in [0.1, 0.15) is 16.7 Å². The van der Waals surface area contributed by atoms with Gasteiger partial charge in [0.2, 0.25) is 10.0 Å². The van der Waals surface area contributed by atoms with Gasteiger partial charge in [0.05, 0.1) is 6.42 Å². The fraction of sp³-hybridized carbons (Fsp3) is 0.417. The molecule has 1 aromatic rings. The minimum absolute atomic E-state index is 0.0761. The molecule has 0 bridgehead atoms. The zero-order valence-corrected chi connectivity index (χ0v) is 11.3. The Bertz CT molecular complexity index is 644. The monoisotopic (exact) mass is 295 g/mol. The molecule has 1 fully saturated rings. The molecule has 8 heteroatoms. The number of rotatable bonds is 6. The van der Waals surface area contributed by atoms with Crippen LogP contribution < -0.4 is 4.72 Å². The van der Waals surface area contributed by atoms with Gasteiger partial charge in [0.25, 0.3) is 0 Å². The Hall–Kier alpha value is -1.98. The summed E-state index contributed by atoms with van der Waals surface area (Å²) >= 11 is 0. The minimum atomic E-state index is -3.82. The van der Waals surface area contributed by atoms with Gasteiger partial charge in [0.15, 0.2) is 0 Å². The van der Waals surface area contributed by atoms with Crippen LogP contribution in [0.25, 0.3) is 0 Å². The van der Waals surface area contributed by atoms with Crippen molar-refractivity contribution in [2.24, 2.45) is 5.92 Å². The van der Waals surface area contributed by atoms with Crippen molar-refractivity contribution in [3.63, 3.8) is 0 Å². The lowest BCUT2D eigenvalue weighted by Crippen LogP contribution is -2.38. The molecule has 0 saturated heterocycles. The van der Waals surface area contributed by atoms with Crippen LogP contribution in [0.1, 0.15) is 25.0 Å². The summed E-state index contributed by atoms with van der Waals surface area (Å²) < 4.78 is 26.7. The number of aliphatic carboxylic acids is 1. The predicted molar refractivity (Wildman–Crippen MR) is 68.0 cm³/mol. The van der Waals surface area contributed by atoms with E-state index in [9.17, 15) is 13.2 Å². The molecule has 7 nitrogen and oxygen atoms in total. The highest BCUT2D eigenvalue weighted by molar-refractivity contribution is 7.89. The van der Waals surface area contributed by atoms with E-state index in [0.717, 1.165) is 19.0 Å². The van der Waals surface area contributed by atoms with E-state index in [1.807, 2.05) is 0 Å². The van der Waals surface area contributed by atoms with E-state index in [-0.39, 0.29) is 22.9 Å². The molecule has 1 unspecified atom stereocenters. The molecule has 0 spiro atoms. The molecule has 0 amide bonds. The topological polar surface area (TPSA) is 120 Å². The number of nitriles is 1. The van der Waals surface area contributed by atoms with E-state index < -0.39 is 22.0 Å². The number of pyridine rings is 1. The first kappa shape index (κ1) is 14.4. The van der Waals surface area contributed by atoms with Crippen molar-refractivity contribution in [1.82, 2.24) is 9.71 Å². The van der Waals surface area contributed by atoms with Crippen LogP contribution in [0.5, 0.6) is 0 Å². The molecule has 2 rings (SSSR count). The lowest BCUT2D eigenvalue weighted by Gasteiger charge is -2.16. The molecular weight excluding hydrogens is 282 g/mol. The summed E-state index contributed by atoms with van der Waals surface area (Å²) in [5, 5.41) is 17.4. The Kier molecular flexibility index (Phi) is 4.01. The molecule has 1 atom stereocenters. The molecule has 1 aliphatic rings. The summed E-state index contributed by atoms with van der Waals surface area (Å²) in [7, 11) is -3.82. The van der Waals surface area contributed by atoms with Crippen LogP contribution in [-0.2, 0) is 14.8 Å². The van der Waals surface area contributed by atoms with E-state index >= 15 is 0 Å². The number of carboxylic acid groups (broad SMARTS) is 1. The fourth-order valence-electron chi connectivity index (χ4n) is 1.86. The number of carbonyl (C=O) groups is 1. The maximum Gasteiger partial charge on any atom is 0.304 e. The molecule has 1 heterocycles. The average molecular weight is 295 g/mol. The molecule has 0 radical (unpaired) electrons. The van der Waals surface area contributed by atoms with Crippen LogP contribution in [0.3, 0.4) is 0 Å². The number of sulfonamides is 1. The molecule has 1 aromatic heterocycles. The number of nitrogens with zero attached hydrogens (tertiary/aromatic N) is 2. The first-order chi connectivity index (χ1) is 9.42. The number of carboxylic acids is 1. The summed E-state index contributed by atoms with van der Waals surface area (Å²) in [5.74, 6) is -0.963. The highest BCUT2D eigenvalue weighted by atomic mass is 32.2. The second kappa shape index (κ2) is 5.56. The smallest absolute Gasteiger partial charge is 0.304 e. The zero-order chi connectivity index (χ0) is 14.8. The molecule has 20 heavy (non-hydrogen) atoms. The van der Waals surface area contributed by atoms with Gasteiger partial charge in [-0.25, -0.2) is 18.1 Å². The third kappa shape index (κ3) is 3.53. The minimum Gasteiger partial charge on any atom is -0.481 e. The molecule has 0 aliphatic heterocycles. The van der Waals surface area contributed by atoms with Crippen LogP contribution in [0.4, 0.5) is 0 Å². The maximum absolute atomic E-state index is 12.1. The Balaban J connectivity index is 2.16. The lowest BCUT2D eigenvalue weighted by molar-refractivity contribution is -0.137. The summed E-state index contributed by atoms with van der Waals surface area (Å²) in [6, 6.07) is 3.77. The van der Waals surface area contributed by atoms with E-state index in [1.54, 1.807) is 6.07 Å². The zero-order valence-electron chi connectivity index (χ0n) is 10.5. The standard InChI is InChI=1S/C12H13N3O4S/c13-6-9-3-4-10(7-14-9)20(18,19)15-11(5-12(16)17)8-1-2-8/h3-4,7-8,11,15H,1-2,5H2,(H,16,17). The molecular formula is C12H13N3O4S. The molecule has 2 N–H and O–H groups in total. The van der Waals surface area contributed by atoms with Crippen LogP contribution in [0.15, 0.2) is 23.2 Å². The fourth-order valence-corrected chi connectivity index (χ4v) is 3.11. The van der Waals surface area contributed by atoms with Crippen LogP contribution in [-0.4, -0.2) is 30.5 Å². The van der Waals surface area contributed by atoms with Crippen molar-refractivity contribution in [2.75, 3.05) is 0 Å². The van der Waals surface area contributed by atoms with Crippen molar-refractivity contribution in [3.8, 4) is 6.07 Å². The van der Waals surface area contributed by atoms with Crippen molar-refractivity contribution in [3.05, 3.63) is 24.0 Å². The number of aromatic nitrogens is 1. The maximum atomic E-state index is 12.1. The second-order valence-corrected chi connectivity index (χ2v) is 6.37. The van der Waals surface area contributed by atoms with Crippen molar-refractivity contribution in [1.29, 1.82) is 5.26 Å². The van der Waals surface area contributed by atoms with Gasteiger partial charge in [-0.05, 0) is 30.9 Å². The molecule has 1 aliphatic carbocycles. The van der Waals surface area contributed by atoms with E-state index in [2.05, 4.69) is 9.71 Å². The van der Waals surface area contributed by atoms with Crippen molar-refractivity contribution < 1.29 is 18.3 Å². The Labute approximate surface area is 116 Å². The highest BCUT2D eigenvalue weighted by Crippen LogP contribution is 2.34. The lowest BCUT2D eigenvalue weighted by atomic mass is 10.1. The van der Waals surface area contributed by atoms with Crippen molar-refractivity contribution >= 4 is 16.0 Å². The molecule has 106 valence electrons. The van der Waals surface area contributed by atoms with Crippen LogP contribution in [0.2, 0.25) is 0 Å². The normalized spacial score (nSPS) is 16.4. The van der Waals surface area contributed by atoms with E-state index in [4.69, 9.17) is 10.4 Å². The third-order valence-electron chi connectivity index (χ3n) is 3.05. The molecule has 1 saturated carbocycles. The summed E-state index contributed by atoms with van der Waals surface area (Å²) in [5.41, 5.74) is 0.119. The SMILES string of the molecule is N#Cc1ccc(S(=O)(=O)NC(CC(=O)O)C2CC2)cn1. The summed E-state index contributed by atoms with van der Waals surface area (Å²) in [6.07, 6.45) is 2.50. The average Bonchev–Trinajstić information content (AvgIpc) is 3.21. The van der Waals surface area contributed by atoms with Gasteiger partial charge in [-0.15, -0.1) is 0 Å².